The van der Waals surface area contributed by atoms with E-state index in [9.17, 15) is 17.8 Å². The van der Waals surface area contributed by atoms with E-state index >= 15 is 0 Å². The molecule has 1 amide bonds. The average Bonchev–Trinajstić information content (AvgIpc) is 3.09. The van der Waals surface area contributed by atoms with Crippen molar-refractivity contribution in [3.05, 3.63) is 89.3 Å². The van der Waals surface area contributed by atoms with Crippen molar-refractivity contribution in [2.75, 3.05) is 5.32 Å². The quantitative estimate of drug-likeness (QED) is 0.480. The molecule has 7 nitrogen and oxygen atoms in total. The van der Waals surface area contributed by atoms with Gasteiger partial charge in [0.05, 0.1) is 23.6 Å². The summed E-state index contributed by atoms with van der Waals surface area (Å²) in [5.41, 5.74) is 1.50. The number of ether oxygens (including phenoxy) is 1. The fourth-order valence-electron chi connectivity index (χ4n) is 3.71. The molecule has 10 heteroatoms. The van der Waals surface area contributed by atoms with Gasteiger partial charge in [-0.15, -0.1) is 0 Å². The number of carbonyl (C=O) groups is 1. The van der Waals surface area contributed by atoms with Gasteiger partial charge in [-0.25, -0.2) is 22.5 Å². The number of fused-ring (bicyclic) bond motifs is 1. The molecule has 1 aromatic heterocycles. The minimum Gasteiger partial charge on any atom is -0.372 e. The highest BCUT2D eigenvalue weighted by atomic mass is 32.2. The van der Waals surface area contributed by atoms with Crippen LogP contribution in [0.4, 0.5) is 14.5 Å². The molecule has 0 aliphatic carbocycles. The maximum Gasteiger partial charge on any atom is 0.272 e. The fourth-order valence-corrected chi connectivity index (χ4v) is 5.27. The summed E-state index contributed by atoms with van der Waals surface area (Å²) in [6.45, 7) is 2.16. The van der Waals surface area contributed by atoms with Crippen LogP contribution in [0.2, 0.25) is 0 Å². The smallest absolute Gasteiger partial charge is 0.272 e. The number of anilines is 1. The molecule has 178 valence electrons. The molecule has 0 saturated heterocycles. The number of carbonyl (C=O) groups excluding carboxylic acids is 1. The van der Waals surface area contributed by atoms with E-state index in [4.69, 9.17) is 9.52 Å². The number of hydrogen-bond acceptors (Lipinski definition) is 4. The summed E-state index contributed by atoms with van der Waals surface area (Å²) in [5.74, 6) is -2.72. The molecule has 3 atom stereocenters. The predicted octanol–water partition coefficient (Wildman–Crippen LogP) is 4.47. The topological polar surface area (TPSA) is 96.2 Å². The lowest BCUT2D eigenvalue weighted by atomic mass is 10.1. The second-order valence-corrected chi connectivity index (χ2v) is 9.80. The molecule has 1 unspecified atom stereocenters. The Labute approximate surface area is 196 Å². The standard InChI is InChI=1S/C24H24F2N4O3S/c1-15(33-14-16-6-4-3-5-7-16)21-11-9-18-22(34(27,32)29-21)13-30(2)23(18)24(31)28-17-8-10-19(25)20(26)12-17/h3-13,15,21H,14H2,1-2H3,(H,28,31)(H2,27,29,32)/t15-,21-,34?/m1/s1. The summed E-state index contributed by atoms with van der Waals surface area (Å²) in [5, 5.41) is 2.52. The Morgan fingerprint density at radius 2 is 1.97 bits per heavy atom. The van der Waals surface area contributed by atoms with Gasteiger partial charge in [0.2, 0.25) is 0 Å². The maximum atomic E-state index is 13.5. The van der Waals surface area contributed by atoms with Crippen LogP contribution in [0.5, 0.6) is 0 Å². The monoisotopic (exact) mass is 486 g/mol. The predicted molar refractivity (Wildman–Crippen MR) is 126 cm³/mol. The van der Waals surface area contributed by atoms with E-state index in [1.165, 1.54) is 16.8 Å². The number of nitrogens with one attached hydrogen (secondary N) is 3. The molecule has 3 aromatic rings. The van der Waals surface area contributed by atoms with Crippen molar-refractivity contribution in [1.29, 1.82) is 4.78 Å². The van der Waals surface area contributed by atoms with Crippen LogP contribution in [0, 0.1) is 16.4 Å². The van der Waals surface area contributed by atoms with Crippen molar-refractivity contribution >= 4 is 27.6 Å². The van der Waals surface area contributed by atoms with Crippen LogP contribution in [-0.2, 0) is 28.3 Å². The molecular formula is C24H24F2N4O3S. The van der Waals surface area contributed by atoms with E-state index in [1.54, 1.807) is 19.2 Å². The van der Waals surface area contributed by atoms with E-state index in [0.717, 1.165) is 17.7 Å². The molecule has 1 aliphatic rings. The maximum absolute atomic E-state index is 13.5. The van der Waals surface area contributed by atoms with Crippen LogP contribution in [-0.4, -0.2) is 26.8 Å². The number of aryl methyl sites for hydroxylation is 1. The molecule has 0 bridgehead atoms. The van der Waals surface area contributed by atoms with Crippen LogP contribution in [0.15, 0.2) is 65.7 Å². The SMILES string of the molecule is C[C@@H](OCc1ccccc1)[C@H]1C=Cc2c(cn(C)c2C(=O)Nc2ccc(F)c(F)c2)S(=N)(=O)N1. The van der Waals surface area contributed by atoms with Gasteiger partial charge in [-0.2, -0.15) is 0 Å². The van der Waals surface area contributed by atoms with E-state index in [-0.39, 0.29) is 16.3 Å². The molecule has 2 heterocycles. The Morgan fingerprint density at radius 1 is 1.24 bits per heavy atom. The third kappa shape index (κ3) is 4.93. The van der Waals surface area contributed by atoms with Crippen LogP contribution in [0.1, 0.15) is 28.5 Å². The second kappa shape index (κ2) is 9.49. The van der Waals surface area contributed by atoms with Crippen LogP contribution < -0.4 is 10.0 Å². The van der Waals surface area contributed by atoms with Crippen molar-refractivity contribution in [3.63, 3.8) is 0 Å². The van der Waals surface area contributed by atoms with E-state index in [0.29, 0.717) is 12.2 Å². The van der Waals surface area contributed by atoms with Gasteiger partial charge in [-0.1, -0.05) is 42.5 Å². The molecule has 0 saturated carbocycles. The van der Waals surface area contributed by atoms with Crippen molar-refractivity contribution in [2.45, 2.75) is 30.6 Å². The highest BCUT2D eigenvalue weighted by Gasteiger charge is 2.30. The Bertz CT molecular complexity index is 1350. The van der Waals surface area contributed by atoms with E-state index in [2.05, 4.69) is 10.0 Å². The molecular weight excluding hydrogens is 462 g/mol. The number of nitrogens with zero attached hydrogens (tertiary/aromatic N) is 1. The lowest BCUT2D eigenvalue weighted by Gasteiger charge is -2.22. The summed E-state index contributed by atoms with van der Waals surface area (Å²) >= 11 is 0. The van der Waals surface area contributed by atoms with Crippen molar-refractivity contribution < 1.29 is 22.5 Å². The Balaban J connectivity index is 1.58. The summed E-state index contributed by atoms with van der Waals surface area (Å²) in [6.07, 6.45) is 4.39. The first-order valence-corrected chi connectivity index (χ1v) is 12.1. The number of hydrogen-bond donors (Lipinski definition) is 3. The van der Waals surface area contributed by atoms with Gasteiger partial charge in [0.15, 0.2) is 11.6 Å². The van der Waals surface area contributed by atoms with Gasteiger partial charge < -0.3 is 14.6 Å². The molecule has 4 rings (SSSR count). The van der Waals surface area contributed by atoms with Crippen molar-refractivity contribution in [3.8, 4) is 0 Å². The minimum atomic E-state index is -3.48. The first kappa shape index (κ1) is 23.8. The third-order valence-corrected chi connectivity index (χ3v) is 7.07. The number of rotatable bonds is 6. The largest absolute Gasteiger partial charge is 0.372 e. The zero-order chi connectivity index (χ0) is 24.5. The van der Waals surface area contributed by atoms with Crippen LogP contribution in [0.3, 0.4) is 0 Å². The van der Waals surface area contributed by atoms with Gasteiger partial charge in [0, 0.05) is 30.6 Å². The Kier molecular flexibility index (Phi) is 6.65. The zero-order valence-corrected chi connectivity index (χ0v) is 19.4. The molecule has 0 radical (unpaired) electrons. The normalized spacial score (nSPS) is 20.4. The highest BCUT2D eigenvalue weighted by molar-refractivity contribution is 7.90. The minimum absolute atomic E-state index is 0.0713. The summed E-state index contributed by atoms with van der Waals surface area (Å²) in [6, 6.07) is 12.1. The zero-order valence-electron chi connectivity index (χ0n) is 18.5. The summed E-state index contributed by atoms with van der Waals surface area (Å²) < 4.78 is 58.7. The first-order valence-electron chi connectivity index (χ1n) is 10.5. The van der Waals surface area contributed by atoms with Gasteiger partial charge in [0.1, 0.15) is 15.6 Å². The van der Waals surface area contributed by atoms with Crippen molar-refractivity contribution in [1.82, 2.24) is 9.29 Å². The van der Waals surface area contributed by atoms with Gasteiger partial charge in [0.25, 0.3) is 5.91 Å². The van der Waals surface area contributed by atoms with Gasteiger partial charge >= 0.3 is 0 Å². The summed E-state index contributed by atoms with van der Waals surface area (Å²) in [4.78, 5) is 13.1. The second-order valence-electron chi connectivity index (χ2n) is 8.01. The van der Waals surface area contributed by atoms with Crippen LogP contribution in [0.25, 0.3) is 6.08 Å². The Morgan fingerprint density at radius 3 is 2.68 bits per heavy atom. The Hall–Kier alpha value is -3.34. The molecule has 0 spiro atoms. The van der Waals surface area contributed by atoms with Crippen LogP contribution >= 0.6 is 0 Å². The van der Waals surface area contributed by atoms with Gasteiger partial charge in [-0.3, -0.25) is 4.79 Å². The average molecular weight is 487 g/mol. The summed E-state index contributed by atoms with van der Waals surface area (Å²) in [7, 11) is -1.89. The molecule has 3 N–H and O–H groups in total. The number of aromatic nitrogens is 1. The highest BCUT2D eigenvalue weighted by Crippen LogP contribution is 2.28. The first-order chi connectivity index (χ1) is 16.2. The van der Waals surface area contributed by atoms with E-state index in [1.807, 2.05) is 37.3 Å². The van der Waals surface area contributed by atoms with Gasteiger partial charge in [-0.05, 0) is 24.6 Å². The molecule has 1 aliphatic heterocycles. The number of amides is 1. The van der Waals surface area contributed by atoms with E-state index < -0.39 is 39.6 Å². The number of benzene rings is 2. The fraction of sp³-hybridized carbons (Fsp3) is 0.208. The van der Waals surface area contributed by atoms with Crippen molar-refractivity contribution in [2.24, 2.45) is 7.05 Å². The molecule has 0 fully saturated rings. The number of halogens is 2. The molecule has 34 heavy (non-hydrogen) atoms. The third-order valence-electron chi connectivity index (χ3n) is 5.52. The molecule has 2 aromatic carbocycles. The lowest BCUT2D eigenvalue weighted by molar-refractivity contribution is 0.0425. The lowest BCUT2D eigenvalue weighted by Crippen LogP contribution is -2.40.